The highest BCUT2D eigenvalue weighted by atomic mass is 16.5. The molecule has 0 aromatic heterocycles. The molecule has 1 saturated heterocycles. The van der Waals surface area contributed by atoms with Crippen molar-refractivity contribution in [2.45, 2.75) is 33.1 Å². The van der Waals surface area contributed by atoms with E-state index in [9.17, 15) is 4.79 Å². The topological polar surface area (TPSA) is 50.4 Å². The molecule has 4 heteroatoms. The number of piperidine rings is 1. The Morgan fingerprint density at radius 2 is 2.18 bits per heavy atom. The third-order valence-corrected chi connectivity index (χ3v) is 3.47. The summed E-state index contributed by atoms with van der Waals surface area (Å²) in [6.45, 7) is 8.30. The van der Waals surface area contributed by atoms with E-state index in [0.717, 1.165) is 13.1 Å². The number of carbonyl (C=O) groups excluding carboxylic acids is 1. The first-order chi connectivity index (χ1) is 8.24. The van der Waals surface area contributed by atoms with Crippen molar-refractivity contribution in [3.63, 3.8) is 0 Å². The predicted molar refractivity (Wildman–Crippen MR) is 68.9 cm³/mol. The van der Waals surface area contributed by atoms with E-state index in [1.54, 1.807) is 0 Å². The molecule has 0 bridgehead atoms. The Hall–Kier alpha value is -0.610. The minimum atomic E-state index is 0.163. The van der Waals surface area contributed by atoms with Crippen LogP contribution in [-0.2, 0) is 9.53 Å². The van der Waals surface area contributed by atoms with Crippen molar-refractivity contribution in [2.24, 2.45) is 11.8 Å². The normalized spacial score (nSPS) is 18.9. The average Bonchev–Trinajstić information content (AvgIpc) is 2.36. The van der Waals surface area contributed by atoms with Gasteiger partial charge in [-0.2, -0.15) is 0 Å². The fraction of sp³-hybridized carbons (Fsp3) is 0.923. The number of nitrogens with one attached hydrogen (secondary N) is 2. The summed E-state index contributed by atoms with van der Waals surface area (Å²) in [5.41, 5.74) is 0. The monoisotopic (exact) mass is 242 g/mol. The summed E-state index contributed by atoms with van der Waals surface area (Å²) in [6.07, 6.45) is 3.05. The van der Waals surface area contributed by atoms with Crippen molar-refractivity contribution in [3.05, 3.63) is 0 Å². The number of carbonyl (C=O) groups is 1. The lowest BCUT2D eigenvalue weighted by Gasteiger charge is -2.27. The van der Waals surface area contributed by atoms with E-state index in [2.05, 4.69) is 17.6 Å². The lowest BCUT2D eigenvalue weighted by atomic mass is 9.84. The van der Waals surface area contributed by atoms with E-state index in [-0.39, 0.29) is 5.91 Å². The summed E-state index contributed by atoms with van der Waals surface area (Å²) in [6, 6.07) is 0. The molecule has 1 heterocycles. The highest BCUT2D eigenvalue weighted by Crippen LogP contribution is 2.23. The molecule has 2 N–H and O–H groups in total. The van der Waals surface area contributed by atoms with Gasteiger partial charge in [-0.15, -0.1) is 0 Å². The molecule has 1 amide bonds. The zero-order chi connectivity index (χ0) is 12.5. The van der Waals surface area contributed by atoms with Crippen LogP contribution in [0.2, 0.25) is 0 Å². The quantitative estimate of drug-likeness (QED) is 0.659. The van der Waals surface area contributed by atoms with Gasteiger partial charge in [0.25, 0.3) is 0 Å². The van der Waals surface area contributed by atoms with E-state index in [1.807, 2.05) is 6.92 Å². The van der Waals surface area contributed by atoms with Crippen molar-refractivity contribution in [3.8, 4) is 0 Å². The van der Waals surface area contributed by atoms with Gasteiger partial charge in [0.05, 0.1) is 6.61 Å². The molecule has 17 heavy (non-hydrogen) atoms. The molecule has 1 aliphatic rings. The maximum absolute atomic E-state index is 11.7. The minimum absolute atomic E-state index is 0.163. The van der Waals surface area contributed by atoms with Gasteiger partial charge in [-0.05, 0) is 44.7 Å². The molecule has 0 aliphatic carbocycles. The Morgan fingerprint density at radius 3 is 2.82 bits per heavy atom. The molecular formula is C13H26N2O2. The van der Waals surface area contributed by atoms with Crippen molar-refractivity contribution in [2.75, 3.05) is 32.8 Å². The Labute approximate surface area is 104 Å². The smallest absolute Gasteiger partial charge is 0.220 e. The van der Waals surface area contributed by atoms with Crippen molar-refractivity contribution in [1.82, 2.24) is 10.6 Å². The van der Waals surface area contributed by atoms with Crippen LogP contribution >= 0.6 is 0 Å². The van der Waals surface area contributed by atoms with Gasteiger partial charge in [-0.25, -0.2) is 0 Å². The molecule has 0 saturated carbocycles. The van der Waals surface area contributed by atoms with Gasteiger partial charge in [-0.1, -0.05) is 6.92 Å². The molecular weight excluding hydrogens is 216 g/mol. The molecule has 1 atom stereocenters. The Kier molecular flexibility index (Phi) is 7.21. The second-order valence-electron chi connectivity index (χ2n) is 4.82. The lowest BCUT2D eigenvalue weighted by Crippen LogP contribution is -2.34. The minimum Gasteiger partial charge on any atom is -0.380 e. The molecule has 0 aromatic rings. The molecule has 100 valence electrons. The van der Waals surface area contributed by atoms with Gasteiger partial charge in [-0.3, -0.25) is 4.79 Å². The van der Waals surface area contributed by atoms with Crippen LogP contribution in [0.3, 0.4) is 0 Å². The van der Waals surface area contributed by atoms with E-state index >= 15 is 0 Å². The molecule has 1 fully saturated rings. The Bertz CT molecular complexity index is 215. The third kappa shape index (κ3) is 6.03. The number of hydrogen-bond acceptors (Lipinski definition) is 3. The molecule has 1 rings (SSSR count). The standard InChI is InChI=1S/C13H26N2O2/c1-3-17-9-8-15-13(16)10-11(2)12-4-6-14-7-5-12/h11-12,14H,3-10H2,1-2H3,(H,15,16). The van der Waals surface area contributed by atoms with E-state index in [1.165, 1.54) is 12.8 Å². The Morgan fingerprint density at radius 1 is 1.47 bits per heavy atom. The van der Waals surface area contributed by atoms with Crippen LogP contribution in [0, 0.1) is 11.8 Å². The van der Waals surface area contributed by atoms with Crippen LogP contribution in [-0.4, -0.2) is 38.8 Å². The highest BCUT2D eigenvalue weighted by molar-refractivity contribution is 5.76. The fourth-order valence-corrected chi connectivity index (χ4v) is 2.35. The number of hydrogen-bond donors (Lipinski definition) is 2. The molecule has 1 aliphatic heterocycles. The maximum atomic E-state index is 11.7. The van der Waals surface area contributed by atoms with Crippen LogP contribution in [0.25, 0.3) is 0 Å². The number of ether oxygens (including phenoxy) is 1. The van der Waals surface area contributed by atoms with Gasteiger partial charge < -0.3 is 15.4 Å². The average molecular weight is 242 g/mol. The van der Waals surface area contributed by atoms with Crippen LogP contribution < -0.4 is 10.6 Å². The second kappa shape index (κ2) is 8.48. The molecule has 1 unspecified atom stereocenters. The zero-order valence-corrected chi connectivity index (χ0v) is 11.1. The van der Waals surface area contributed by atoms with Gasteiger partial charge in [0.2, 0.25) is 5.91 Å². The first-order valence-corrected chi connectivity index (χ1v) is 6.79. The van der Waals surface area contributed by atoms with Gasteiger partial charge in [0, 0.05) is 19.6 Å². The van der Waals surface area contributed by atoms with E-state index in [0.29, 0.717) is 38.0 Å². The number of amides is 1. The lowest BCUT2D eigenvalue weighted by molar-refractivity contribution is -0.122. The molecule has 0 spiro atoms. The van der Waals surface area contributed by atoms with Gasteiger partial charge >= 0.3 is 0 Å². The van der Waals surface area contributed by atoms with Crippen molar-refractivity contribution in [1.29, 1.82) is 0 Å². The largest absolute Gasteiger partial charge is 0.380 e. The van der Waals surface area contributed by atoms with Crippen LogP contribution in [0.5, 0.6) is 0 Å². The number of rotatable bonds is 7. The maximum Gasteiger partial charge on any atom is 0.220 e. The molecule has 0 aromatic carbocycles. The second-order valence-corrected chi connectivity index (χ2v) is 4.82. The summed E-state index contributed by atoms with van der Waals surface area (Å²) >= 11 is 0. The summed E-state index contributed by atoms with van der Waals surface area (Å²) in [5, 5.41) is 6.26. The third-order valence-electron chi connectivity index (χ3n) is 3.47. The predicted octanol–water partition coefficient (Wildman–Crippen LogP) is 1.16. The van der Waals surface area contributed by atoms with Crippen LogP contribution in [0.4, 0.5) is 0 Å². The molecule has 0 radical (unpaired) electrons. The first-order valence-electron chi connectivity index (χ1n) is 6.79. The van der Waals surface area contributed by atoms with Crippen LogP contribution in [0.15, 0.2) is 0 Å². The van der Waals surface area contributed by atoms with Gasteiger partial charge in [0.1, 0.15) is 0 Å². The summed E-state index contributed by atoms with van der Waals surface area (Å²) in [5.74, 6) is 1.36. The Balaban J connectivity index is 2.11. The SMILES string of the molecule is CCOCCNC(=O)CC(C)C1CCNCC1. The van der Waals surface area contributed by atoms with Gasteiger partial charge in [0.15, 0.2) is 0 Å². The van der Waals surface area contributed by atoms with Crippen molar-refractivity contribution >= 4 is 5.91 Å². The highest BCUT2D eigenvalue weighted by Gasteiger charge is 2.21. The van der Waals surface area contributed by atoms with E-state index < -0.39 is 0 Å². The van der Waals surface area contributed by atoms with Crippen LogP contribution in [0.1, 0.15) is 33.1 Å². The summed E-state index contributed by atoms with van der Waals surface area (Å²) in [7, 11) is 0. The van der Waals surface area contributed by atoms with E-state index in [4.69, 9.17) is 4.74 Å². The molecule has 4 nitrogen and oxygen atoms in total. The fourth-order valence-electron chi connectivity index (χ4n) is 2.35. The zero-order valence-electron chi connectivity index (χ0n) is 11.1. The summed E-state index contributed by atoms with van der Waals surface area (Å²) in [4.78, 5) is 11.7. The summed E-state index contributed by atoms with van der Waals surface area (Å²) < 4.78 is 5.18. The first kappa shape index (κ1) is 14.5. The van der Waals surface area contributed by atoms with Crippen molar-refractivity contribution < 1.29 is 9.53 Å².